The molecule has 0 aliphatic rings. The average Bonchev–Trinajstić information content (AvgIpc) is 3.44. The van der Waals surface area contributed by atoms with Gasteiger partial charge >= 0.3 is 5.97 Å². The van der Waals surface area contributed by atoms with Crippen LogP contribution in [0.2, 0.25) is 0 Å². The van der Waals surface area contributed by atoms with Crippen LogP contribution in [-0.2, 0) is 14.3 Å². The van der Waals surface area contributed by atoms with E-state index in [1.54, 1.807) is 6.08 Å². The van der Waals surface area contributed by atoms with Gasteiger partial charge in [-0.2, -0.15) is 0 Å². The van der Waals surface area contributed by atoms with Crippen LogP contribution in [0.3, 0.4) is 0 Å². The van der Waals surface area contributed by atoms with Gasteiger partial charge in [0, 0.05) is 12.8 Å². The van der Waals surface area contributed by atoms with Gasteiger partial charge in [-0.15, -0.1) is 0 Å². The standard InChI is InChI=1S/C72H135NO5/c1-3-5-7-9-11-13-15-17-18-19-20-21-22-23-25-28-31-34-37-41-44-48-52-56-60-64-70(75)69(68-74)73-71(76)65-61-57-53-49-45-42-38-35-32-29-26-24-27-30-33-36-39-43-47-51-55-59-63-67-78-72(77)66-62-58-54-50-46-40-16-14-12-10-8-6-4-2/h14,16,24,27,29,32,60,64,69-70,74-75H,3-13,15,17-23,25-26,28,30-31,33-59,61-63,65-68H2,1-2H3,(H,73,76)/b16-14-,27-24-,32-29-,64-60+. The molecule has 0 saturated heterocycles. The fourth-order valence-electron chi connectivity index (χ4n) is 10.7. The Kier molecular flexibility index (Phi) is 65.4. The molecule has 0 heterocycles. The molecular formula is C72H135NO5. The number of ether oxygens (including phenoxy) is 1. The first-order valence-electron chi connectivity index (χ1n) is 34.9. The summed E-state index contributed by atoms with van der Waals surface area (Å²) in [6.45, 7) is 4.90. The molecule has 0 fully saturated rings. The number of unbranched alkanes of at least 4 members (excludes halogenated alkanes) is 48. The fourth-order valence-corrected chi connectivity index (χ4v) is 10.7. The van der Waals surface area contributed by atoms with E-state index < -0.39 is 12.1 Å². The van der Waals surface area contributed by atoms with Gasteiger partial charge in [-0.1, -0.05) is 319 Å². The Balaban J connectivity index is 3.48. The van der Waals surface area contributed by atoms with Crippen molar-refractivity contribution >= 4 is 11.9 Å². The first kappa shape index (κ1) is 75.8. The van der Waals surface area contributed by atoms with Crippen LogP contribution in [0.25, 0.3) is 0 Å². The van der Waals surface area contributed by atoms with Gasteiger partial charge in [0.1, 0.15) is 0 Å². The van der Waals surface area contributed by atoms with Crippen molar-refractivity contribution in [2.75, 3.05) is 13.2 Å². The molecule has 2 unspecified atom stereocenters. The monoisotopic (exact) mass is 1090 g/mol. The highest BCUT2D eigenvalue weighted by Crippen LogP contribution is 2.18. The number of allylic oxidation sites excluding steroid dienone is 7. The maximum atomic E-state index is 12.5. The van der Waals surface area contributed by atoms with Crippen molar-refractivity contribution in [1.29, 1.82) is 0 Å². The summed E-state index contributed by atoms with van der Waals surface area (Å²) in [4.78, 5) is 24.6. The van der Waals surface area contributed by atoms with Gasteiger partial charge in [-0.25, -0.2) is 0 Å². The van der Waals surface area contributed by atoms with Gasteiger partial charge in [0.05, 0.1) is 25.4 Å². The smallest absolute Gasteiger partial charge is 0.305 e. The van der Waals surface area contributed by atoms with E-state index in [2.05, 4.69) is 55.6 Å². The Labute approximate surface area is 486 Å². The first-order valence-corrected chi connectivity index (χ1v) is 34.9. The third-order valence-electron chi connectivity index (χ3n) is 16.1. The number of rotatable bonds is 65. The number of aliphatic hydroxyl groups excluding tert-OH is 2. The molecule has 78 heavy (non-hydrogen) atoms. The van der Waals surface area contributed by atoms with Gasteiger partial charge < -0.3 is 20.3 Å². The van der Waals surface area contributed by atoms with Crippen molar-refractivity contribution in [2.24, 2.45) is 0 Å². The molecule has 0 saturated carbocycles. The predicted molar refractivity (Wildman–Crippen MR) is 342 cm³/mol. The highest BCUT2D eigenvalue weighted by Gasteiger charge is 2.18. The van der Waals surface area contributed by atoms with E-state index in [1.807, 2.05) is 6.08 Å². The first-order chi connectivity index (χ1) is 38.5. The van der Waals surface area contributed by atoms with Crippen LogP contribution in [0.15, 0.2) is 48.6 Å². The quantitative estimate of drug-likeness (QED) is 0.0320. The third-order valence-corrected chi connectivity index (χ3v) is 16.1. The molecule has 458 valence electrons. The summed E-state index contributed by atoms with van der Waals surface area (Å²) in [7, 11) is 0. The summed E-state index contributed by atoms with van der Waals surface area (Å²) >= 11 is 0. The van der Waals surface area contributed by atoms with Crippen LogP contribution < -0.4 is 5.32 Å². The number of amides is 1. The number of nitrogens with one attached hydrogen (secondary N) is 1. The Morgan fingerprint density at radius 1 is 0.359 bits per heavy atom. The minimum absolute atomic E-state index is 0.00258. The van der Waals surface area contributed by atoms with Crippen molar-refractivity contribution in [3.63, 3.8) is 0 Å². The van der Waals surface area contributed by atoms with Crippen LogP contribution in [0.4, 0.5) is 0 Å². The Morgan fingerprint density at radius 3 is 1.00 bits per heavy atom. The van der Waals surface area contributed by atoms with Gasteiger partial charge in [-0.05, 0) is 89.9 Å². The zero-order chi connectivity index (χ0) is 56.4. The molecule has 0 aromatic heterocycles. The number of esters is 1. The highest BCUT2D eigenvalue weighted by molar-refractivity contribution is 5.76. The second kappa shape index (κ2) is 67.3. The summed E-state index contributed by atoms with van der Waals surface area (Å²) in [6, 6.07) is -0.638. The lowest BCUT2D eigenvalue weighted by atomic mass is 10.0. The summed E-state index contributed by atoms with van der Waals surface area (Å²) in [5.74, 6) is -0.0778. The minimum atomic E-state index is -0.854. The van der Waals surface area contributed by atoms with Gasteiger partial charge in [0.2, 0.25) is 5.91 Å². The predicted octanol–water partition coefficient (Wildman–Crippen LogP) is 22.5. The van der Waals surface area contributed by atoms with E-state index >= 15 is 0 Å². The number of hydrogen-bond donors (Lipinski definition) is 3. The van der Waals surface area contributed by atoms with Crippen LogP contribution >= 0.6 is 0 Å². The maximum absolute atomic E-state index is 12.5. The lowest BCUT2D eigenvalue weighted by molar-refractivity contribution is -0.143. The van der Waals surface area contributed by atoms with E-state index in [0.717, 1.165) is 64.2 Å². The number of hydrogen-bond acceptors (Lipinski definition) is 5. The number of carbonyl (C=O) groups excluding carboxylic acids is 2. The molecule has 0 bridgehead atoms. The SMILES string of the molecule is CCCCCC/C=C\CCCCCCCC(=O)OCCCCCCCCCCC/C=C\C/C=C\CCCCCCCCCC(=O)NC(CO)C(O)/C=C/CCCCCCCCCCCCCCCCCCCCCCCCC. The van der Waals surface area contributed by atoms with Gasteiger partial charge in [-0.3, -0.25) is 9.59 Å². The molecule has 3 N–H and O–H groups in total. The van der Waals surface area contributed by atoms with Crippen LogP contribution in [0.1, 0.15) is 373 Å². The van der Waals surface area contributed by atoms with Gasteiger partial charge in [0.15, 0.2) is 0 Å². The number of aliphatic hydroxyl groups is 2. The molecule has 2 atom stereocenters. The fraction of sp³-hybridized carbons (Fsp3) is 0.861. The van der Waals surface area contributed by atoms with Crippen molar-refractivity contribution in [3.05, 3.63) is 48.6 Å². The maximum Gasteiger partial charge on any atom is 0.305 e. The molecule has 6 heteroatoms. The Morgan fingerprint density at radius 2 is 0.641 bits per heavy atom. The highest BCUT2D eigenvalue weighted by atomic mass is 16.5. The van der Waals surface area contributed by atoms with Crippen molar-refractivity contribution in [3.8, 4) is 0 Å². The van der Waals surface area contributed by atoms with E-state index in [1.165, 1.54) is 283 Å². The number of carbonyl (C=O) groups is 2. The zero-order valence-corrected chi connectivity index (χ0v) is 52.4. The van der Waals surface area contributed by atoms with E-state index in [-0.39, 0.29) is 18.5 Å². The summed E-state index contributed by atoms with van der Waals surface area (Å²) in [5.41, 5.74) is 0. The summed E-state index contributed by atoms with van der Waals surface area (Å²) in [6.07, 6.45) is 87.5. The van der Waals surface area contributed by atoms with E-state index in [0.29, 0.717) is 19.4 Å². The van der Waals surface area contributed by atoms with Crippen LogP contribution in [-0.4, -0.2) is 47.4 Å². The van der Waals surface area contributed by atoms with Gasteiger partial charge in [0.25, 0.3) is 0 Å². The zero-order valence-electron chi connectivity index (χ0n) is 52.4. The molecule has 6 nitrogen and oxygen atoms in total. The summed E-state index contributed by atoms with van der Waals surface area (Å²) in [5, 5.41) is 23.3. The molecular weight excluding hydrogens is 959 g/mol. The van der Waals surface area contributed by atoms with E-state index in [9.17, 15) is 19.8 Å². The largest absolute Gasteiger partial charge is 0.466 e. The van der Waals surface area contributed by atoms with Crippen molar-refractivity contribution < 1.29 is 24.5 Å². The molecule has 1 amide bonds. The second-order valence-corrected chi connectivity index (χ2v) is 23.9. The summed E-state index contributed by atoms with van der Waals surface area (Å²) < 4.78 is 5.47. The molecule has 0 radical (unpaired) electrons. The van der Waals surface area contributed by atoms with Crippen molar-refractivity contribution in [2.45, 2.75) is 386 Å². The second-order valence-electron chi connectivity index (χ2n) is 23.9. The lowest BCUT2D eigenvalue weighted by Crippen LogP contribution is -2.45. The topological polar surface area (TPSA) is 95.9 Å². The molecule has 0 aliphatic carbocycles. The van der Waals surface area contributed by atoms with E-state index in [4.69, 9.17) is 4.74 Å². The normalized spacial score (nSPS) is 12.8. The van der Waals surface area contributed by atoms with Crippen LogP contribution in [0.5, 0.6) is 0 Å². The lowest BCUT2D eigenvalue weighted by Gasteiger charge is -2.20. The van der Waals surface area contributed by atoms with Crippen molar-refractivity contribution in [1.82, 2.24) is 5.32 Å². The molecule has 0 aromatic rings. The molecule has 0 rings (SSSR count). The van der Waals surface area contributed by atoms with Crippen LogP contribution in [0, 0.1) is 0 Å². The molecule has 0 aromatic carbocycles. The third kappa shape index (κ3) is 63.0. The Bertz CT molecular complexity index is 1310. The molecule has 0 spiro atoms. The average molecular weight is 1090 g/mol. The Hall–Kier alpha value is -2.18. The minimum Gasteiger partial charge on any atom is -0.466 e. The molecule has 0 aliphatic heterocycles.